The van der Waals surface area contributed by atoms with Crippen LogP contribution in [-0.4, -0.2) is 22.0 Å². The van der Waals surface area contributed by atoms with Gasteiger partial charge < -0.3 is 9.88 Å². The predicted octanol–water partition coefficient (Wildman–Crippen LogP) is 1.81. The predicted molar refractivity (Wildman–Crippen MR) is 77.3 cm³/mol. The molecule has 1 aromatic carbocycles. The van der Waals surface area contributed by atoms with Crippen LogP contribution in [0.25, 0.3) is 0 Å². The van der Waals surface area contributed by atoms with Gasteiger partial charge in [0.05, 0.1) is 6.42 Å². The summed E-state index contributed by atoms with van der Waals surface area (Å²) in [6, 6.07) is 10.4. The number of nitrogens with zero attached hydrogens (tertiary/aromatic N) is 2. The van der Waals surface area contributed by atoms with Crippen molar-refractivity contribution in [2.45, 2.75) is 24.7 Å². The summed E-state index contributed by atoms with van der Waals surface area (Å²) in [6.45, 7) is 0.722. The molecule has 1 N–H and O–H groups in total. The Labute approximate surface area is 118 Å². The Bertz CT molecular complexity index is 599. The third-order valence-corrected chi connectivity index (χ3v) is 4.10. The lowest BCUT2D eigenvalue weighted by Crippen LogP contribution is -2.33. The lowest BCUT2D eigenvalue weighted by Gasteiger charge is -2.16. The molecule has 4 nitrogen and oxygen atoms in total. The highest BCUT2D eigenvalue weighted by Crippen LogP contribution is 2.47. The highest BCUT2D eigenvalue weighted by atomic mass is 16.1. The van der Waals surface area contributed by atoms with Crippen LogP contribution >= 0.6 is 0 Å². The maximum atomic E-state index is 12.0. The number of amides is 1. The second-order valence-electron chi connectivity index (χ2n) is 5.55. The summed E-state index contributed by atoms with van der Waals surface area (Å²) < 4.78 is 1.88. The molecule has 104 valence electrons. The molecule has 4 heteroatoms. The Morgan fingerprint density at radius 1 is 1.35 bits per heavy atom. The van der Waals surface area contributed by atoms with E-state index in [1.54, 1.807) is 6.20 Å². The fourth-order valence-electron chi connectivity index (χ4n) is 2.55. The number of imidazole rings is 1. The van der Waals surface area contributed by atoms with Crippen molar-refractivity contribution < 1.29 is 4.79 Å². The minimum Gasteiger partial charge on any atom is -0.355 e. The number of aryl methyl sites for hydroxylation is 1. The van der Waals surface area contributed by atoms with Crippen molar-refractivity contribution in [2.24, 2.45) is 7.05 Å². The monoisotopic (exact) mass is 269 g/mol. The minimum absolute atomic E-state index is 0.0431. The lowest BCUT2D eigenvalue weighted by atomic mass is 9.96. The summed E-state index contributed by atoms with van der Waals surface area (Å²) in [6.07, 6.45) is 6.22. The van der Waals surface area contributed by atoms with Gasteiger partial charge in [0.15, 0.2) is 0 Å². The largest absolute Gasteiger partial charge is 0.355 e. The minimum atomic E-state index is 0.0431. The zero-order chi connectivity index (χ0) is 14.0. The van der Waals surface area contributed by atoms with Crippen LogP contribution in [0.3, 0.4) is 0 Å². The molecule has 3 rings (SSSR count). The molecule has 1 aliphatic carbocycles. The van der Waals surface area contributed by atoms with Crippen LogP contribution in [0.1, 0.15) is 24.2 Å². The standard InChI is InChI=1S/C16H19N3O/c1-19-10-9-17-14(19)11-15(20)18-12-16(7-8-16)13-5-3-2-4-6-13/h2-6,9-10H,7-8,11-12H2,1H3,(H,18,20). The molecular weight excluding hydrogens is 250 g/mol. The number of benzene rings is 1. The van der Waals surface area contributed by atoms with Gasteiger partial charge in [-0.05, 0) is 18.4 Å². The molecule has 0 radical (unpaired) electrons. The number of aromatic nitrogens is 2. The van der Waals surface area contributed by atoms with Crippen LogP contribution in [0.2, 0.25) is 0 Å². The van der Waals surface area contributed by atoms with Gasteiger partial charge in [0.2, 0.25) is 5.91 Å². The van der Waals surface area contributed by atoms with Gasteiger partial charge in [-0.1, -0.05) is 30.3 Å². The Hall–Kier alpha value is -2.10. The average Bonchev–Trinajstić information content (AvgIpc) is 3.17. The molecule has 0 atom stereocenters. The van der Waals surface area contributed by atoms with Crippen molar-refractivity contribution >= 4 is 5.91 Å². The fourth-order valence-corrected chi connectivity index (χ4v) is 2.55. The fraction of sp³-hybridized carbons (Fsp3) is 0.375. The van der Waals surface area contributed by atoms with E-state index in [4.69, 9.17) is 0 Å². The summed E-state index contributed by atoms with van der Waals surface area (Å²) in [5.74, 6) is 0.841. The Balaban J connectivity index is 1.57. The molecule has 1 fully saturated rings. The van der Waals surface area contributed by atoms with Crippen LogP contribution in [-0.2, 0) is 23.7 Å². The van der Waals surface area contributed by atoms with Gasteiger partial charge in [-0.2, -0.15) is 0 Å². The van der Waals surface area contributed by atoms with Crippen molar-refractivity contribution in [3.63, 3.8) is 0 Å². The van der Waals surface area contributed by atoms with Crippen LogP contribution in [0, 0.1) is 0 Å². The van der Waals surface area contributed by atoms with Gasteiger partial charge in [0.25, 0.3) is 0 Å². The summed E-state index contributed by atoms with van der Waals surface area (Å²) >= 11 is 0. The second kappa shape index (κ2) is 5.12. The molecule has 0 bridgehead atoms. The first kappa shape index (κ1) is 12.9. The van der Waals surface area contributed by atoms with Crippen molar-refractivity contribution in [2.75, 3.05) is 6.54 Å². The van der Waals surface area contributed by atoms with Crippen LogP contribution in [0.4, 0.5) is 0 Å². The molecule has 0 saturated heterocycles. The molecular formula is C16H19N3O. The van der Waals surface area contributed by atoms with E-state index in [2.05, 4.69) is 34.6 Å². The highest BCUT2D eigenvalue weighted by molar-refractivity contribution is 5.78. The SMILES string of the molecule is Cn1ccnc1CC(=O)NCC1(c2ccccc2)CC1. The number of hydrogen-bond acceptors (Lipinski definition) is 2. The van der Waals surface area contributed by atoms with Gasteiger partial charge in [-0.25, -0.2) is 4.98 Å². The van der Waals surface area contributed by atoms with Crippen LogP contribution in [0.5, 0.6) is 0 Å². The topological polar surface area (TPSA) is 46.9 Å². The first-order valence-electron chi connectivity index (χ1n) is 6.98. The van der Waals surface area contributed by atoms with Gasteiger partial charge in [-0.15, -0.1) is 0 Å². The molecule has 0 spiro atoms. The molecule has 0 aliphatic heterocycles. The third kappa shape index (κ3) is 2.59. The molecule has 1 amide bonds. The van der Waals surface area contributed by atoms with Crippen molar-refractivity contribution in [1.29, 1.82) is 0 Å². The van der Waals surface area contributed by atoms with Gasteiger partial charge in [0, 0.05) is 31.4 Å². The number of carbonyl (C=O) groups excluding carboxylic acids is 1. The summed E-state index contributed by atoms with van der Waals surface area (Å²) in [5.41, 5.74) is 1.50. The van der Waals surface area contributed by atoms with Gasteiger partial charge in [-0.3, -0.25) is 4.79 Å². The van der Waals surface area contributed by atoms with E-state index in [0.29, 0.717) is 6.42 Å². The first-order valence-corrected chi connectivity index (χ1v) is 6.98. The molecule has 1 aliphatic rings. The Morgan fingerprint density at radius 3 is 2.70 bits per heavy atom. The number of rotatable bonds is 5. The first-order chi connectivity index (χ1) is 9.70. The normalized spacial score (nSPS) is 15.8. The highest BCUT2D eigenvalue weighted by Gasteiger charge is 2.44. The third-order valence-electron chi connectivity index (χ3n) is 4.10. The van der Waals surface area contributed by atoms with Crippen molar-refractivity contribution in [3.05, 3.63) is 54.1 Å². The molecule has 1 aromatic heterocycles. The zero-order valence-electron chi connectivity index (χ0n) is 11.7. The maximum Gasteiger partial charge on any atom is 0.227 e. The summed E-state index contributed by atoms with van der Waals surface area (Å²) in [7, 11) is 1.90. The van der Waals surface area contributed by atoms with E-state index in [1.165, 1.54) is 5.56 Å². The van der Waals surface area contributed by atoms with Crippen LogP contribution in [0.15, 0.2) is 42.7 Å². The van der Waals surface area contributed by atoms with E-state index < -0.39 is 0 Å². The second-order valence-corrected chi connectivity index (χ2v) is 5.55. The van der Waals surface area contributed by atoms with Crippen LogP contribution < -0.4 is 5.32 Å². The van der Waals surface area contributed by atoms with E-state index in [0.717, 1.165) is 25.2 Å². The molecule has 2 aromatic rings. The molecule has 1 saturated carbocycles. The van der Waals surface area contributed by atoms with Gasteiger partial charge in [0.1, 0.15) is 5.82 Å². The van der Waals surface area contributed by atoms with Crippen molar-refractivity contribution in [1.82, 2.24) is 14.9 Å². The summed E-state index contributed by atoms with van der Waals surface area (Å²) in [5, 5.41) is 3.06. The number of nitrogens with one attached hydrogen (secondary N) is 1. The molecule has 0 unspecified atom stereocenters. The van der Waals surface area contributed by atoms with Gasteiger partial charge >= 0.3 is 0 Å². The Kier molecular flexibility index (Phi) is 3.30. The quantitative estimate of drug-likeness (QED) is 0.900. The number of carbonyl (C=O) groups is 1. The molecule has 20 heavy (non-hydrogen) atoms. The zero-order valence-corrected chi connectivity index (χ0v) is 11.7. The summed E-state index contributed by atoms with van der Waals surface area (Å²) in [4.78, 5) is 16.2. The number of hydrogen-bond donors (Lipinski definition) is 1. The maximum absolute atomic E-state index is 12.0. The molecule has 1 heterocycles. The van der Waals surface area contributed by atoms with Crippen molar-refractivity contribution in [3.8, 4) is 0 Å². The Morgan fingerprint density at radius 2 is 2.10 bits per heavy atom. The smallest absolute Gasteiger partial charge is 0.227 e. The van der Waals surface area contributed by atoms with E-state index in [1.807, 2.05) is 23.9 Å². The van der Waals surface area contributed by atoms with E-state index >= 15 is 0 Å². The van der Waals surface area contributed by atoms with E-state index in [-0.39, 0.29) is 11.3 Å². The lowest BCUT2D eigenvalue weighted by molar-refractivity contribution is -0.120. The average molecular weight is 269 g/mol. The van der Waals surface area contributed by atoms with E-state index in [9.17, 15) is 4.79 Å².